The first-order chi connectivity index (χ1) is 13.4. The average Bonchev–Trinajstić information content (AvgIpc) is 2.94. The lowest BCUT2D eigenvalue weighted by atomic mass is 9.45. The van der Waals surface area contributed by atoms with Crippen LogP contribution in [0.1, 0.15) is 82.8 Å². The van der Waals surface area contributed by atoms with Crippen LogP contribution in [0.15, 0.2) is 29.8 Å². The molecule has 4 fully saturated rings. The summed E-state index contributed by atoms with van der Waals surface area (Å²) in [5, 5.41) is 11.4. The molecule has 0 spiro atoms. The van der Waals surface area contributed by atoms with E-state index in [2.05, 4.69) is 51.1 Å². The Labute approximate surface area is 171 Å². The fourth-order valence-corrected chi connectivity index (χ4v) is 8.17. The van der Waals surface area contributed by atoms with Crippen molar-refractivity contribution >= 4 is 6.08 Å². The summed E-state index contributed by atoms with van der Waals surface area (Å²) in [6, 6.07) is 8.78. The van der Waals surface area contributed by atoms with E-state index < -0.39 is 0 Å². The Morgan fingerprint density at radius 2 is 1.68 bits per heavy atom. The van der Waals surface area contributed by atoms with Crippen LogP contribution >= 0.6 is 0 Å². The third kappa shape index (κ3) is 2.76. The molecule has 1 nitrogen and oxygen atoms in total. The molecule has 1 aromatic rings. The third-order valence-electron chi connectivity index (χ3n) is 9.88. The number of aryl methyl sites for hydroxylation is 1. The molecule has 28 heavy (non-hydrogen) atoms. The van der Waals surface area contributed by atoms with E-state index in [0.29, 0.717) is 11.3 Å². The summed E-state index contributed by atoms with van der Waals surface area (Å²) >= 11 is 0. The summed E-state index contributed by atoms with van der Waals surface area (Å²) in [5.74, 6) is 3.38. The predicted molar refractivity (Wildman–Crippen MR) is 117 cm³/mol. The third-order valence-corrected chi connectivity index (χ3v) is 9.88. The van der Waals surface area contributed by atoms with Crippen LogP contribution < -0.4 is 0 Å². The molecule has 0 aromatic heterocycles. The highest BCUT2D eigenvalue weighted by Crippen LogP contribution is 2.67. The standard InChI is InChI=1S/C27H38O/c1-18-7-9-19(10-8-18)16-20-17-24-22-12-11-21-6-4-5-14-26(21,2)23(22)13-15-27(24,3)25(20)28/h7-10,16,21-25,28H,4-6,11-15,17H2,1-3H3/b20-16+/t21?,22?,23?,24?,25?,26-,27-/m1/s1. The van der Waals surface area contributed by atoms with E-state index in [0.717, 1.165) is 24.2 Å². The monoisotopic (exact) mass is 378 g/mol. The van der Waals surface area contributed by atoms with Crippen LogP contribution in [0, 0.1) is 41.4 Å². The van der Waals surface area contributed by atoms with Crippen LogP contribution in [-0.4, -0.2) is 11.2 Å². The molecule has 0 heterocycles. The molecule has 0 aliphatic heterocycles. The van der Waals surface area contributed by atoms with Crippen LogP contribution in [-0.2, 0) is 0 Å². The van der Waals surface area contributed by atoms with Gasteiger partial charge in [-0.3, -0.25) is 0 Å². The Morgan fingerprint density at radius 3 is 2.46 bits per heavy atom. The minimum atomic E-state index is -0.253. The van der Waals surface area contributed by atoms with E-state index in [1.165, 1.54) is 68.1 Å². The number of rotatable bonds is 1. The van der Waals surface area contributed by atoms with Gasteiger partial charge in [0, 0.05) is 5.41 Å². The molecule has 1 N–H and O–H groups in total. The van der Waals surface area contributed by atoms with Crippen LogP contribution in [0.3, 0.4) is 0 Å². The topological polar surface area (TPSA) is 20.2 Å². The molecule has 0 amide bonds. The van der Waals surface area contributed by atoms with E-state index in [9.17, 15) is 5.11 Å². The molecule has 7 atom stereocenters. The van der Waals surface area contributed by atoms with Gasteiger partial charge in [-0.1, -0.05) is 62.6 Å². The van der Waals surface area contributed by atoms with Crippen molar-refractivity contribution in [2.75, 3.05) is 0 Å². The van der Waals surface area contributed by atoms with Crippen molar-refractivity contribution in [2.45, 2.75) is 84.7 Å². The van der Waals surface area contributed by atoms with Crippen molar-refractivity contribution in [2.24, 2.45) is 34.5 Å². The van der Waals surface area contributed by atoms with E-state index in [1.807, 2.05) is 0 Å². The molecule has 1 aromatic carbocycles. The fourth-order valence-electron chi connectivity index (χ4n) is 8.17. The number of hydrogen-bond donors (Lipinski definition) is 1. The van der Waals surface area contributed by atoms with E-state index in [-0.39, 0.29) is 11.5 Å². The maximum absolute atomic E-state index is 11.4. The number of aliphatic hydroxyl groups is 1. The second kappa shape index (κ2) is 6.73. The summed E-state index contributed by atoms with van der Waals surface area (Å²) < 4.78 is 0. The number of fused-ring (bicyclic) bond motifs is 5. The van der Waals surface area contributed by atoms with Crippen molar-refractivity contribution in [3.63, 3.8) is 0 Å². The molecule has 5 rings (SSSR count). The first-order valence-corrected chi connectivity index (χ1v) is 11.9. The minimum Gasteiger partial charge on any atom is -0.388 e. The zero-order valence-corrected chi connectivity index (χ0v) is 18.1. The van der Waals surface area contributed by atoms with Gasteiger partial charge in [-0.05, 0) is 92.1 Å². The molecule has 152 valence electrons. The van der Waals surface area contributed by atoms with Gasteiger partial charge in [0.1, 0.15) is 0 Å². The summed E-state index contributed by atoms with van der Waals surface area (Å²) in [6.07, 6.45) is 14.4. The minimum absolute atomic E-state index is 0.0928. The average molecular weight is 379 g/mol. The smallest absolute Gasteiger partial charge is 0.0809 e. The van der Waals surface area contributed by atoms with Crippen LogP contribution in [0.5, 0.6) is 0 Å². The molecular weight excluding hydrogens is 340 g/mol. The molecule has 1 heteroatoms. The molecular formula is C27H38O. The van der Waals surface area contributed by atoms with E-state index in [1.54, 1.807) is 0 Å². The molecule has 0 radical (unpaired) electrons. The Hall–Kier alpha value is -1.08. The SMILES string of the molecule is Cc1ccc(/C=C2\CC3C4CCC5CCCC[C@@]5(C)C4CC[C@@]3(C)C2O)cc1. The van der Waals surface area contributed by atoms with Crippen molar-refractivity contribution in [1.29, 1.82) is 0 Å². The lowest BCUT2D eigenvalue weighted by Crippen LogP contribution is -2.53. The first kappa shape index (κ1) is 18.9. The van der Waals surface area contributed by atoms with Gasteiger partial charge in [-0.15, -0.1) is 0 Å². The Morgan fingerprint density at radius 1 is 0.893 bits per heavy atom. The fraction of sp³-hybridized carbons (Fsp3) is 0.704. The van der Waals surface area contributed by atoms with E-state index >= 15 is 0 Å². The van der Waals surface area contributed by atoms with Gasteiger partial charge >= 0.3 is 0 Å². The van der Waals surface area contributed by atoms with Gasteiger partial charge in [0.25, 0.3) is 0 Å². The Balaban J connectivity index is 1.45. The molecule has 5 unspecified atom stereocenters. The number of aliphatic hydroxyl groups excluding tert-OH is 1. The maximum Gasteiger partial charge on any atom is 0.0809 e. The maximum atomic E-state index is 11.4. The van der Waals surface area contributed by atoms with Crippen molar-refractivity contribution in [1.82, 2.24) is 0 Å². The second-order valence-electron chi connectivity index (χ2n) is 11.2. The molecule has 0 saturated heterocycles. The summed E-state index contributed by atoms with van der Waals surface area (Å²) in [7, 11) is 0. The quantitative estimate of drug-likeness (QED) is 0.571. The van der Waals surface area contributed by atoms with Gasteiger partial charge in [-0.2, -0.15) is 0 Å². The van der Waals surface area contributed by atoms with Crippen LogP contribution in [0.4, 0.5) is 0 Å². The van der Waals surface area contributed by atoms with Gasteiger partial charge < -0.3 is 5.11 Å². The number of benzene rings is 1. The Kier molecular flexibility index (Phi) is 4.54. The van der Waals surface area contributed by atoms with Crippen molar-refractivity contribution < 1.29 is 5.11 Å². The summed E-state index contributed by atoms with van der Waals surface area (Å²) in [6.45, 7) is 7.19. The highest BCUT2D eigenvalue weighted by molar-refractivity contribution is 5.56. The zero-order chi connectivity index (χ0) is 19.5. The van der Waals surface area contributed by atoms with Gasteiger partial charge in [0.15, 0.2) is 0 Å². The van der Waals surface area contributed by atoms with Crippen molar-refractivity contribution in [3.05, 3.63) is 41.0 Å². The first-order valence-electron chi connectivity index (χ1n) is 11.9. The molecule has 4 aliphatic carbocycles. The summed E-state index contributed by atoms with van der Waals surface area (Å²) in [5.41, 5.74) is 4.52. The van der Waals surface area contributed by atoms with E-state index in [4.69, 9.17) is 0 Å². The normalized spacial score (nSPS) is 46.7. The highest BCUT2D eigenvalue weighted by atomic mass is 16.3. The summed E-state index contributed by atoms with van der Waals surface area (Å²) in [4.78, 5) is 0. The Bertz CT molecular complexity index is 761. The predicted octanol–water partition coefficient (Wildman–Crippen LogP) is 6.78. The van der Waals surface area contributed by atoms with Gasteiger partial charge in [0.05, 0.1) is 6.10 Å². The van der Waals surface area contributed by atoms with Crippen LogP contribution in [0.25, 0.3) is 6.08 Å². The number of hydrogen-bond acceptors (Lipinski definition) is 1. The zero-order valence-electron chi connectivity index (χ0n) is 18.1. The molecule has 4 saturated carbocycles. The lowest BCUT2D eigenvalue weighted by molar-refractivity contribution is -0.119. The van der Waals surface area contributed by atoms with Crippen molar-refractivity contribution in [3.8, 4) is 0 Å². The molecule has 4 aliphatic rings. The highest BCUT2D eigenvalue weighted by Gasteiger charge is 2.60. The molecule has 0 bridgehead atoms. The largest absolute Gasteiger partial charge is 0.388 e. The lowest BCUT2D eigenvalue weighted by Gasteiger charge is -2.60. The van der Waals surface area contributed by atoms with Gasteiger partial charge in [-0.25, -0.2) is 0 Å². The van der Waals surface area contributed by atoms with Gasteiger partial charge in [0.2, 0.25) is 0 Å². The second-order valence-corrected chi connectivity index (χ2v) is 11.2. The van der Waals surface area contributed by atoms with Crippen LogP contribution in [0.2, 0.25) is 0 Å².